The number of methoxy groups -OCH3 is 1. The van der Waals surface area contributed by atoms with Gasteiger partial charge >= 0.3 is 5.97 Å². The smallest absolute Gasteiger partial charge is 0.305 e. The number of benzene rings is 1. The topological polar surface area (TPSA) is 72.7 Å². The second kappa shape index (κ2) is 6.72. The maximum Gasteiger partial charge on any atom is 0.305 e. The molecule has 0 N–H and O–H groups in total. The van der Waals surface area contributed by atoms with Crippen LogP contribution in [0.1, 0.15) is 18.4 Å². The van der Waals surface area contributed by atoms with Gasteiger partial charge in [0.25, 0.3) is 5.69 Å². The zero-order valence-electron chi connectivity index (χ0n) is 11.4. The normalized spacial score (nSPS) is 10.1. The van der Waals surface area contributed by atoms with Crippen molar-refractivity contribution in [2.45, 2.75) is 19.8 Å². The van der Waals surface area contributed by atoms with Crippen molar-refractivity contribution in [1.29, 1.82) is 0 Å². The third kappa shape index (κ3) is 4.24. The van der Waals surface area contributed by atoms with Crippen LogP contribution in [0.25, 0.3) is 0 Å². The molecule has 6 nitrogen and oxygen atoms in total. The summed E-state index contributed by atoms with van der Waals surface area (Å²) in [5.74, 6) is -0.271. The Hall–Kier alpha value is -2.11. The van der Waals surface area contributed by atoms with Gasteiger partial charge in [0.2, 0.25) is 0 Å². The third-order valence-electron chi connectivity index (χ3n) is 2.84. The number of anilines is 1. The monoisotopic (exact) mass is 266 g/mol. The highest BCUT2D eigenvalue weighted by Crippen LogP contribution is 2.28. The lowest BCUT2D eigenvalue weighted by Crippen LogP contribution is -2.20. The van der Waals surface area contributed by atoms with Crippen LogP contribution in [0.3, 0.4) is 0 Å². The molecule has 0 aromatic heterocycles. The first-order chi connectivity index (χ1) is 8.95. The molecule has 6 heteroatoms. The first kappa shape index (κ1) is 14.9. The minimum Gasteiger partial charge on any atom is -0.469 e. The van der Waals surface area contributed by atoms with E-state index < -0.39 is 4.92 Å². The summed E-state index contributed by atoms with van der Waals surface area (Å²) < 4.78 is 4.55. The Morgan fingerprint density at radius 1 is 1.47 bits per heavy atom. The first-order valence-corrected chi connectivity index (χ1v) is 5.98. The number of nitro groups is 1. The molecule has 0 aliphatic rings. The van der Waals surface area contributed by atoms with Gasteiger partial charge in [0.15, 0.2) is 0 Å². The zero-order valence-corrected chi connectivity index (χ0v) is 11.4. The minimum absolute atomic E-state index is 0.0752. The van der Waals surface area contributed by atoms with Crippen molar-refractivity contribution in [3.8, 4) is 0 Å². The van der Waals surface area contributed by atoms with Crippen LogP contribution in [-0.4, -0.2) is 31.6 Å². The zero-order chi connectivity index (χ0) is 14.4. The van der Waals surface area contributed by atoms with Crippen LogP contribution < -0.4 is 4.90 Å². The molecule has 0 spiro atoms. The quantitative estimate of drug-likeness (QED) is 0.448. The van der Waals surface area contributed by atoms with Crippen LogP contribution in [0, 0.1) is 17.0 Å². The van der Waals surface area contributed by atoms with E-state index in [1.807, 2.05) is 6.92 Å². The lowest BCUT2D eigenvalue weighted by atomic mass is 10.1. The maximum absolute atomic E-state index is 11.0. The van der Waals surface area contributed by atoms with Crippen molar-refractivity contribution in [1.82, 2.24) is 0 Å². The SMILES string of the molecule is COC(=O)CCCN(C)c1cc(C)ccc1[N+](=O)[O-]. The summed E-state index contributed by atoms with van der Waals surface area (Å²) in [4.78, 5) is 23.4. The molecule has 0 radical (unpaired) electrons. The number of aryl methyl sites for hydroxylation is 1. The van der Waals surface area contributed by atoms with Gasteiger partial charge in [-0.3, -0.25) is 14.9 Å². The lowest BCUT2D eigenvalue weighted by molar-refractivity contribution is -0.384. The predicted octanol–water partition coefficient (Wildman–Crippen LogP) is 2.29. The molecule has 0 fully saturated rings. The molecule has 0 amide bonds. The number of ether oxygens (including phenoxy) is 1. The average molecular weight is 266 g/mol. The summed E-state index contributed by atoms with van der Waals surface area (Å²) in [6, 6.07) is 4.99. The Kier molecular flexibility index (Phi) is 5.29. The highest BCUT2D eigenvalue weighted by atomic mass is 16.6. The van der Waals surface area contributed by atoms with Crippen LogP contribution >= 0.6 is 0 Å². The molecule has 0 saturated carbocycles. The number of nitrogens with zero attached hydrogens (tertiary/aromatic N) is 2. The van der Waals surface area contributed by atoms with Gasteiger partial charge in [-0.1, -0.05) is 6.07 Å². The van der Waals surface area contributed by atoms with Gasteiger partial charge in [-0.15, -0.1) is 0 Å². The molecule has 0 bridgehead atoms. The number of rotatable bonds is 6. The fraction of sp³-hybridized carbons (Fsp3) is 0.462. The molecule has 104 valence electrons. The van der Waals surface area contributed by atoms with Crippen LogP contribution in [-0.2, 0) is 9.53 Å². The van der Waals surface area contributed by atoms with E-state index in [9.17, 15) is 14.9 Å². The van der Waals surface area contributed by atoms with E-state index in [4.69, 9.17) is 0 Å². The van der Waals surface area contributed by atoms with Gasteiger partial charge in [-0.05, 0) is 25.0 Å². The largest absolute Gasteiger partial charge is 0.469 e. The summed E-state index contributed by atoms with van der Waals surface area (Å²) in [6.45, 7) is 2.44. The van der Waals surface area contributed by atoms with Gasteiger partial charge in [0.1, 0.15) is 5.69 Å². The number of carbonyl (C=O) groups excluding carboxylic acids is 1. The van der Waals surface area contributed by atoms with Crippen LogP contribution in [0.2, 0.25) is 0 Å². The van der Waals surface area contributed by atoms with Gasteiger partial charge in [-0.25, -0.2) is 0 Å². The fourth-order valence-electron chi connectivity index (χ4n) is 1.78. The third-order valence-corrected chi connectivity index (χ3v) is 2.84. The Bertz CT molecular complexity index is 474. The van der Waals surface area contributed by atoms with E-state index in [2.05, 4.69) is 4.74 Å². The van der Waals surface area contributed by atoms with E-state index in [1.54, 1.807) is 24.1 Å². The first-order valence-electron chi connectivity index (χ1n) is 5.98. The van der Waals surface area contributed by atoms with Crippen LogP contribution in [0.4, 0.5) is 11.4 Å². The molecule has 1 rings (SSSR count). The molecular weight excluding hydrogens is 248 g/mol. The molecule has 0 atom stereocenters. The van der Waals surface area contributed by atoms with Crippen molar-refractivity contribution in [3.63, 3.8) is 0 Å². The number of hydrogen-bond donors (Lipinski definition) is 0. The van der Waals surface area contributed by atoms with E-state index in [-0.39, 0.29) is 11.7 Å². The second-order valence-electron chi connectivity index (χ2n) is 4.35. The summed E-state index contributed by atoms with van der Waals surface area (Å²) in [5.41, 5.74) is 1.60. The molecule has 0 aliphatic carbocycles. The molecule has 0 aliphatic heterocycles. The van der Waals surface area contributed by atoms with Crippen LogP contribution in [0.5, 0.6) is 0 Å². The molecule has 0 heterocycles. The Morgan fingerprint density at radius 2 is 2.16 bits per heavy atom. The van der Waals surface area contributed by atoms with Crippen molar-refractivity contribution < 1.29 is 14.5 Å². The summed E-state index contributed by atoms with van der Waals surface area (Å²) in [6.07, 6.45) is 0.898. The molecule has 0 saturated heterocycles. The standard InChI is InChI=1S/C13H18N2O4/c1-10-6-7-11(15(17)18)12(9-10)14(2)8-4-5-13(16)19-3/h6-7,9H,4-5,8H2,1-3H3. The Balaban J connectivity index is 2.75. The molecule has 19 heavy (non-hydrogen) atoms. The minimum atomic E-state index is -0.397. The lowest BCUT2D eigenvalue weighted by Gasteiger charge is -2.19. The Labute approximate surface area is 112 Å². The average Bonchev–Trinajstić information content (AvgIpc) is 2.37. The second-order valence-corrected chi connectivity index (χ2v) is 4.35. The number of hydrogen-bond acceptors (Lipinski definition) is 5. The highest BCUT2D eigenvalue weighted by molar-refractivity contribution is 5.69. The van der Waals surface area contributed by atoms with Crippen molar-refractivity contribution in [2.24, 2.45) is 0 Å². The van der Waals surface area contributed by atoms with Crippen molar-refractivity contribution >= 4 is 17.3 Å². The summed E-state index contributed by atoms with van der Waals surface area (Å²) in [5, 5.41) is 11.0. The van der Waals surface area contributed by atoms with Gasteiger partial charge in [0, 0.05) is 26.1 Å². The van der Waals surface area contributed by atoms with Crippen molar-refractivity contribution in [2.75, 3.05) is 25.6 Å². The number of nitro benzene ring substituents is 1. The molecule has 1 aromatic carbocycles. The molecule has 1 aromatic rings. The van der Waals surface area contributed by atoms with Crippen molar-refractivity contribution in [3.05, 3.63) is 33.9 Å². The Morgan fingerprint density at radius 3 is 2.74 bits per heavy atom. The summed E-state index contributed by atoms with van der Waals surface area (Å²) >= 11 is 0. The van der Waals surface area contributed by atoms with Crippen LogP contribution in [0.15, 0.2) is 18.2 Å². The number of esters is 1. The van der Waals surface area contributed by atoms with E-state index >= 15 is 0 Å². The van der Waals surface area contributed by atoms with Gasteiger partial charge < -0.3 is 9.64 Å². The predicted molar refractivity (Wildman–Crippen MR) is 72.4 cm³/mol. The van der Waals surface area contributed by atoms with Gasteiger partial charge in [-0.2, -0.15) is 0 Å². The van der Waals surface area contributed by atoms with E-state index in [1.165, 1.54) is 13.2 Å². The van der Waals surface area contributed by atoms with E-state index in [0.29, 0.717) is 25.1 Å². The maximum atomic E-state index is 11.0. The van der Waals surface area contributed by atoms with Gasteiger partial charge in [0.05, 0.1) is 12.0 Å². The summed E-state index contributed by atoms with van der Waals surface area (Å²) in [7, 11) is 3.12. The molecular formula is C13H18N2O4. The fourth-order valence-corrected chi connectivity index (χ4v) is 1.78. The highest BCUT2D eigenvalue weighted by Gasteiger charge is 2.17. The number of carbonyl (C=O) groups is 1. The molecule has 0 unspecified atom stereocenters. The van der Waals surface area contributed by atoms with E-state index in [0.717, 1.165) is 5.56 Å².